The van der Waals surface area contributed by atoms with Crippen molar-refractivity contribution in [3.05, 3.63) is 30.1 Å². The molecule has 33 heavy (non-hydrogen) atoms. The number of nitrogens with zero attached hydrogens (tertiary/aromatic N) is 5. The molecule has 1 aliphatic heterocycles. The maximum Gasteiger partial charge on any atom is 0.246 e. The van der Waals surface area contributed by atoms with E-state index in [1.54, 1.807) is 4.52 Å². The number of anilines is 3. The predicted octanol–water partition coefficient (Wildman–Crippen LogP) is 2.46. The van der Waals surface area contributed by atoms with Crippen LogP contribution in [-0.2, 0) is 4.79 Å². The van der Waals surface area contributed by atoms with E-state index in [1.165, 1.54) is 12.8 Å². The molecule has 6 rings (SSSR count). The first-order chi connectivity index (χ1) is 16.1. The van der Waals surface area contributed by atoms with Gasteiger partial charge >= 0.3 is 0 Å². The molecule has 0 spiro atoms. The van der Waals surface area contributed by atoms with Gasteiger partial charge in [-0.25, -0.2) is 4.52 Å². The molecule has 10 nitrogen and oxygen atoms in total. The number of H-pyrrole nitrogens is 1. The molecule has 3 aromatic heterocycles. The van der Waals surface area contributed by atoms with Crippen molar-refractivity contribution in [1.29, 1.82) is 0 Å². The van der Waals surface area contributed by atoms with Crippen LogP contribution in [-0.4, -0.2) is 60.5 Å². The van der Waals surface area contributed by atoms with Crippen LogP contribution in [0.5, 0.6) is 0 Å². The van der Waals surface area contributed by atoms with Crippen LogP contribution in [0.3, 0.4) is 0 Å². The van der Waals surface area contributed by atoms with Crippen LogP contribution in [0, 0.1) is 0 Å². The van der Waals surface area contributed by atoms with E-state index in [2.05, 4.69) is 20.8 Å². The van der Waals surface area contributed by atoms with Crippen LogP contribution in [0.4, 0.5) is 17.6 Å². The Bertz CT molecular complexity index is 1140. The Morgan fingerprint density at radius 3 is 2.82 bits per heavy atom. The lowest BCUT2D eigenvalue weighted by Crippen LogP contribution is -2.48. The molecule has 0 bridgehead atoms. The number of aromatic amines is 1. The molecule has 174 valence electrons. The lowest BCUT2D eigenvalue weighted by molar-refractivity contribution is -0.123. The van der Waals surface area contributed by atoms with Crippen LogP contribution < -0.4 is 15.5 Å². The first-order valence-electron chi connectivity index (χ1n) is 12.1. The van der Waals surface area contributed by atoms with E-state index in [1.807, 2.05) is 29.3 Å². The third kappa shape index (κ3) is 4.15. The van der Waals surface area contributed by atoms with E-state index in [9.17, 15) is 9.90 Å². The van der Waals surface area contributed by atoms with Gasteiger partial charge in [0.15, 0.2) is 11.6 Å². The number of carbonyl (C=O) groups is 1. The molecule has 3 fully saturated rings. The summed E-state index contributed by atoms with van der Waals surface area (Å²) >= 11 is 0. The number of nitrogens with one attached hydrogen (secondary N) is 3. The van der Waals surface area contributed by atoms with Crippen molar-refractivity contribution < 1.29 is 9.90 Å². The van der Waals surface area contributed by atoms with Gasteiger partial charge in [0.2, 0.25) is 11.9 Å². The van der Waals surface area contributed by atoms with Gasteiger partial charge in [-0.15, -0.1) is 5.10 Å². The lowest BCUT2D eigenvalue weighted by atomic mass is 9.93. The minimum absolute atomic E-state index is 0.0287. The number of carbonyl (C=O) groups excluding carboxylic acids is 1. The van der Waals surface area contributed by atoms with Crippen molar-refractivity contribution in [3.63, 3.8) is 0 Å². The van der Waals surface area contributed by atoms with Crippen molar-refractivity contribution in [2.45, 2.75) is 75.5 Å². The molecule has 3 aliphatic rings. The number of aromatic nitrogens is 5. The summed E-state index contributed by atoms with van der Waals surface area (Å²) in [6.45, 7) is 0.738. The zero-order chi connectivity index (χ0) is 22.4. The van der Waals surface area contributed by atoms with Crippen molar-refractivity contribution in [2.24, 2.45) is 0 Å². The van der Waals surface area contributed by atoms with Gasteiger partial charge in [-0.2, -0.15) is 10.1 Å². The van der Waals surface area contributed by atoms with E-state index in [4.69, 9.17) is 10.1 Å². The molecule has 4 N–H and O–H groups in total. The molecule has 10 heteroatoms. The number of rotatable bonds is 6. The maximum atomic E-state index is 13.1. The highest BCUT2D eigenvalue weighted by atomic mass is 16.3. The molecule has 3 aromatic rings. The normalized spacial score (nSPS) is 25.5. The zero-order valence-electron chi connectivity index (χ0n) is 18.6. The first-order valence-corrected chi connectivity index (χ1v) is 12.1. The number of aliphatic hydroxyl groups excluding tert-OH is 1. The molecular weight excluding hydrogens is 420 g/mol. The second kappa shape index (κ2) is 8.33. The fourth-order valence-corrected chi connectivity index (χ4v) is 5.06. The molecule has 1 atom stereocenters. The number of fused-ring (bicyclic) bond motifs is 1. The van der Waals surface area contributed by atoms with Crippen LogP contribution >= 0.6 is 0 Å². The summed E-state index contributed by atoms with van der Waals surface area (Å²) in [5.41, 5.74) is 2.01. The van der Waals surface area contributed by atoms with Crippen LogP contribution in [0.1, 0.15) is 63.0 Å². The topological polar surface area (TPSA) is 123 Å². The third-order valence-corrected chi connectivity index (χ3v) is 7.10. The van der Waals surface area contributed by atoms with E-state index >= 15 is 0 Å². The van der Waals surface area contributed by atoms with Gasteiger partial charge in [0.1, 0.15) is 11.6 Å². The summed E-state index contributed by atoms with van der Waals surface area (Å²) < 4.78 is 1.80. The fourth-order valence-electron chi connectivity index (χ4n) is 5.06. The predicted molar refractivity (Wildman–Crippen MR) is 124 cm³/mol. The zero-order valence-corrected chi connectivity index (χ0v) is 18.6. The van der Waals surface area contributed by atoms with Crippen LogP contribution in [0.2, 0.25) is 0 Å². The molecule has 0 radical (unpaired) electrons. The molecule has 1 amide bonds. The van der Waals surface area contributed by atoms with E-state index in [0.29, 0.717) is 17.7 Å². The molecule has 0 unspecified atom stereocenters. The van der Waals surface area contributed by atoms with Gasteiger partial charge in [0, 0.05) is 36.5 Å². The van der Waals surface area contributed by atoms with Gasteiger partial charge in [0.25, 0.3) is 0 Å². The minimum atomic E-state index is -0.287. The highest BCUT2D eigenvalue weighted by molar-refractivity contribution is 5.85. The lowest BCUT2D eigenvalue weighted by Gasteiger charge is -2.29. The molecule has 2 saturated carbocycles. The average Bonchev–Trinajstić information content (AvgIpc) is 3.20. The number of amides is 1. The van der Waals surface area contributed by atoms with Gasteiger partial charge in [-0.05, 0) is 63.5 Å². The standard InChI is InChI=1S/C23H30N8O2/c32-16-9-7-15(8-10-16)24-22(33)19-4-1-11-30(19)23-26-21(18-3-2-12-31(18)29-23)25-20-13-17(27-28-20)14-5-6-14/h2-3,12-16,19,32H,1,4-11H2,(H,24,33)(H2,25,26,27,28,29)/t15-,16-,19-/m0/s1. The monoisotopic (exact) mass is 450 g/mol. The smallest absolute Gasteiger partial charge is 0.246 e. The Morgan fingerprint density at radius 1 is 1.15 bits per heavy atom. The number of aliphatic hydroxyl groups is 1. The summed E-state index contributed by atoms with van der Waals surface area (Å²) in [7, 11) is 0. The van der Waals surface area contributed by atoms with Crippen molar-refractivity contribution in [2.75, 3.05) is 16.8 Å². The molecule has 2 aliphatic carbocycles. The summed E-state index contributed by atoms with van der Waals surface area (Å²) in [6, 6.07) is 5.79. The van der Waals surface area contributed by atoms with Gasteiger partial charge < -0.3 is 20.6 Å². The second-order valence-electron chi connectivity index (χ2n) is 9.57. The summed E-state index contributed by atoms with van der Waals surface area (Å²) in [5.74, 6) is 2.57. The Labute approximate surface area is 191 Å². The highest BCUT2D eigenvalue weighted by Crippen LogP contribution is 2.39. The van der Waals surface area contributed by atoms with E-state index in [0.717, 1.165) is 62.1 Å². The van der Waals surface area contributed by atoms with Crippen molar-refractivity contribution in [3.8, 4) is 0 Å². The summed E-state index contributed by atoms with van der Waals surface area (Å²) in [5, 5.41) is 28.5. The largest absolute Gasteiger partial charge is 0.393 e. The average molecular weight is 451 g/mol. The third-order valence-electron chi connectivity index (χ3n) is 7.10. The molecular formula is C23H30N8O2. The van der Waals surface area contributed by atoms with Crippen molar-refractivity contribution >= 4 is 29.0 Å². The maximum absolute atomic E-state index is 13.1. The van der Waals surface area contributed by atoms with Gasteiger partial charge in [-0.3, -0.25) is 9.89 Å². The Morgan fingerprint density at radius 2 is 2.00 bits per heavy atom. The SMILES string of the molecule is O=C(N[C@H]1CC[C@H](O)CC1)[C@@H]1CCCN1c1nc(Nc2cc(C3CC3)[nH]n2)c2cccn2n1. The fraction of sp³-hybridized carbons (Fsp3) is 0.565. The first kappa shape index (κ1) is 20.5. The van der Waals surface area contributed by atoms with Crippen LogP contribution in [0.25, 0.3) is 5.52 Å². The summed E-state index contributed by atoms with van der Waals surface area (Å²) in [6.07, 6.45) is 8.92. The Hall–Kier alpha value is -3.14. The minimum Gasteiger partial charge on any atom is -0.393 e. The quantitative estimate of drug-likeness (QED) is 0.455. The molecule has 4 heterocycles. The van der Waals surface area contributed by atoms with E-state index in [-0.39, 0.29) is 24.1 Å². The second-order valence-corrected chi connectivity index (χ2v) is 9.57. The van der Waals surface area contributed by atoms with Gasteiger partial charge in [-0.1, -0.05) is 0 Å². The van der Waals surface area contributed by atoms with Crippen molar-refractivity contribution in [1.82, 2.24) is 30.1 Å². The Balaban J connectivity index is 1.23. The van der Waals surface area contributed by atoms with E-state index < -0.39 is 0 Å². The van der Waals surface area contributed by atoms with Gasteiger partial charge in [0.05, 0.1) is 6.10 Å². The number of hydrogen-bond acceptors (Lipinski definition) is 7. The summed E-state index contributed by atoms with van der Waals surface area (Å²) in [4.78, 5) is 20.0. The molecule has 1 saturated heterocycles. The molecule has 0 aromatic carbocycles. The highest BCUT2D eigenvalue weighted by Gasteiger charge is 2.35. The van der Waals surface area contributed by atoms with Crippen LogP contribution in [0.15, 0.2) is 24.4 Å². The number of hydrogen-bond donors (Lipinski definition) is 4. The Kier molecular flexibility index (Phi) is 5.17.